The molecule has 1 amide bonds. The lowest BCUT2D eigenvalue weighted by atomic mass is 10.1. The molecule has 0 heterocycles. The molecule has 0 aliphatic heterocycles. The number of halogens is 4. The third kappa shape index (κ3) is 4.96. The van der Waals surface area contributed by atoms with Crippen LogP contribution in [-0.4, -0.2) is 31.4 Å². The fraction of sp³-hybridized carbons (Fsp3) is 0.278. The molecule has 0 spiro atoms. The Hall–Kier alpha value is -2.05. The summed E-state index contributed by atoms with van der Waals surface area (Å²) in [6.45, 7) is 0.214. The van der Waals surface area contributed by atoms with Gasteiger partial charge in [-0.25, -0.2) is 0 Å². The molecular formula is C18H18ClF3N2O. The van der Waals surface area contributed by atoms with Gasteiger partial charge in [0.05, 0.1) is 11.6 Å². The number of carbonyl (C=O) groups excluding carboxylic acids is 1. The summed E-state index contributed by atoms with van der Waals surface area (Å²) in [5.74, 6) is -0.565. The van der Waals surface area contributed by atoms with Gasteiger partial charge in [-0.05, 0) is 43.9 Å². The van der Waals surface area contributed by atoms with E-state index in [-0.39, 0.29) is 18.2 Å². The molecule has 0 aliphatic carbocycles. The van der Waals surface area contributed by atoms with Crippen LogP contribution >= 0.6 is 11.6 Å². The molecule has 7 heteroatoms. The zero-order chi connectivity index (χ0) is 18.6. The number of carbonyl (C=O) groups is 1. The lowest BCUT2D eigenvalue weighted by Gasteiger charge is -2.26. The smallest absolute Gasteiger partial charge is 0.350 e. The van der Waals surface area contributed by atoms with Crippen molar-refractivity contribution in [2.24, 2.45) is 0 Å². The number of likely N-dealkylation sites (N-methyl/N-ethyl adjacent to an activating group) is 1. The van der Waals surface area contributed by atoms with E-state index in [1.54, 1.807) is 12.1 Å². The first-order valence-corrected chi connectivity index (χ1v) is 7.94. The molecule has 2 rings (SSSR count). The third-order valence-corrected chi connectivity index (χ3v) is 4.14. The molecule has 0 radical (unpaired) electrons. The second kappa shape index (κ2) is 7.89. The van der Waals surface area contributed by atoms with E-state index in [4.69, 9.17) is 11.6 Å². The van der Waals surface area contributed by atoms with Crippen molar-refractivity contribution in [3.05, 3.63) is 70.2 Å². The number of nitrogens with zero attached hydrogens (tertiary/aromatic N) is 1. The van der Waals surface area contributed by atoms with Crippen LogP contribution < -0.4 is 5.32 Å². The average Bonchev–Trinajstić information content (AvgIpc) is 2.55. The number of amides is 1. The van der Waals surface area contributed by atoms with Crippen molar-refractivity contribution in [2.45, 2.75) is 12.2 Å². The molecule has 3 nitrogen and oxygen atoms in total. The Bertz CT molecular complexity index is 747. The molecule has 25 heavy (non-hydrogen) atoms. The minimum Gasteiger partial charge on any atom is -0.350 e. The van der Waals surface area contributed by atoms with Crippen LogP contribution in [0.2, 0.25) is 5.02 Å². The molecule has 1 N–H and O–H groups in total. The normalized spacial score (nSPS) is 12.9. The Morgan fingerprint density at radius 1 is 1.16 bits per heavy atom. The topological polar surface area (TPSA) is 32.3 Å². The summed E-state index contributed by atoms with van der Waals surface area (Å²) in [5, 5.41) is 3.24. The molecule has 1 atom stereocenters. The van der Waals surface area contributed by atoms with Crippen molar-refractivity contribution in [1.29, 1.82) is 0 Å². The molecule has 0 unspecified atom stereocenters. The molecule has 2 aromatic carbocycles. The minimum atomic E-state index is -4.49. The van der Waals surface area contributed by atoms with Gasteiger partial charge >= 0.3 is 6.18 Å². The van der Waals surface area contributed by atoms with Gasteiger partial charge in [0, 0.05) is 17.1 Å². The highest BCUT2D eigenvalue weighted by Crippen LogP contribution is 2.29. The zero-order valence-electron chi connectivity index (χ0n) is 13.8. The van der Waals surface area contributed by atoms with Gasteiger partial charge in [-0.1, -0.05) is 35.9 Å². The summed E-state index contributed by atoms with van der Waals surface area (Å²) < 4.78 is 38.3. The Labute approximate surface area is 149 Å². The van der Waals surface area contributed by atoms with Crippen LogP contribution in [0.15, 0.2) is 48.5 Å². The summed E-state index contributed by atoms with van der Waals surface area (Å²) in [6.07, 6.45) is -4.49. The first kappa shape index (κ1) is 19.3. The lowest BCUT2D eigenvalue weighted by molar-refractivity contribution is -0.137. The number of hydrogen-bond donors (Lipinski definition) is 1. The molecule has 2 aromatic rings. The molecule has 134 valence electrons. The van der Waals surface area contributed by atoms with E-state index in [2.05, 4.69) is 5.32 Å². The summed E-state index contributed by atoms with van der Waals surface area (Å²) >= 11 is 6.20. The number of alkyl halides is 3. The van der Waals surface area contributed by atoms with Gasteiger partial charge in [-0.3, -0.25) is 4.79 Å². The van der Waals surface area contributed by atoms with Crippen molar-refractivity contribution in [1.82, 2.24) is 10.2 Å². The number of hydrogen-bond acceptors (Lipinski definition) is 2. The second-order valence-corrected chi connectivity index (χ2v) is 6.20. The van der Waals surface area contributed by atoms with Crippen molar-refractivity contribution in [2.75, 3.05) is 20.6 Å². The van der Waals surface area contributed by atoms with Crippen LogP contribution in [0, 0.1) is 0 Å². The molecular weight excluding hydrogens is 353 g/mol. The van der Waals surface area contributed by atoms with E-state index in [0.717, 1.165) is 17.7 Å². The fourth-order valence-electron chi connectivity index (χ4n) is 2.44. The van der Waals surface area contributed by atoms with Gasteiger partial charge < -0.3 is 10.2 Å². The Balaban J connectivity index is 2.14. The van der Waals surface area contributed by atoms with Crippen molar-refractivity contribution in [3.8, 4) is 0 Å². The highest BCUT2D eigenvalue weighted by molar-refractivity contribution is 6.31. The van der Waals surface area contributed by atoms with Crippen molar-refractivity contribution in [3.63, 3.8) is 0 Å². The zero-order valence-corrected chi connectivity index (χ0v) is 14.5. The van der Waals surface area contributed by atoms with Crippen LogP contribution in [0.1, 0.15) is 27.5 Å². The Kier molecular flexibility index (Phi) is 6.08. The monoisotopic (exact) mass is 370 g/mol. The molecule has 0 fully saturated rings. The minimum absolute atomic E-state index is 0.0357. The first-order chi connectivity index (χ1) is 11.7. The first-order valence-electron chi connectivity index (χ1n) is 7.56. The number of nitrogens with one attached hydrogen (secondary N) is 1. The van der Waals surface area contributed by atoms with E-state index >= 15 is 0 Å². The van der Waals surface area contributed by atoms with Crippen molar-refractivity contribution < 1.29 is 18.0 Å². The predicted octanol–water partition coefficient (Wildman–Crippen LogP) is 4.39. The van der Waals surface area contributed by atoms with E-state index in [9.17, 15) is 18.0 Å². The summed E-state index contributed by atoms with van der Waals surface area (Å²) in [6, 6.07) is 11.4. The fourth-order valence-corrected chi connectivity index (χ4v) is 2.71. The maximum atomic E-state index is 12.8. The molecule has 0 saturated carbocycles. The highest BCUT2D eigenvalue weighted by atomic mass is 35.5. The summed E-state index contributed by atoms with van der Waals surface area (Å²) in [5.41, 5.74) is -0.0552. The number of rotatable bonds is 5. The standard InChI is InChI=1S/C18H18ClF3N2O/c1-24(2)16(14-8-3-4-9-15(14)19)11-23-17(25)12-6-5-7-13(10-12)18(20,21)22/h3-10,16H,11H2,1-2H3,(H,23,25)/t16-/m0/s1. The van der Waals surface area contributed by atoms with Crippen LogP contribution in [0.4, 0.5) is 13.2 Å². The van der Waals surface area contributed by atoms with E-state index in [0.29, 0.717) is 5.02 Å². The predicted molar refractivity (Wildman–Crippen MR) is 91.7 cm³/mol. The van der Waals surface area contributed by atoms with Crippen LogP contribution in [0.25, 0.3) is 0 Å². The molecule has 0 aromatic heterocycles. The van der Waals surface area contributed by atoms with Gasteiger partial charge in [0.25, 0.3) is 5.91 Å². The summed E-state index contributed by atoms with van der Waals surface area (Å²) in [4.78, 5) is 14.1. The molecule has 0 saturated heterocycles. The average molecular weight is 371 g/mol. The quantitative estimate of drug-likeness (QED) is 0.846. The number of benzene rings is 2. The van der Waals surface area contributed by atoms with Crippen LogP contribution in [0.3, 0.4) is 0 Å². The Morgan fingerprint density at radius 2 is 1.84 bits per heavy atom. The largest absolute Gasteiger partial charge is 0.416 e. The van der Waals surface area contributed by atoms with Crippen molar-refractivity contribution >= 4 is 17.5 Å². The van der Waals surface area contributed by atoms with Gasteiger partial charge in [-0.15, -0.1) is 0 Å². The lowest BCUT2D eigenvalue weighted by Crippen LogP contribution is -2.34. The van der Waals surface area contributed by atoms with Crippen LogP contribution in [0.5, 0.6) is 0 Å². The highest BCUT2D eigenvalue weighted by Gasteiger charge is 2.31. The maximum Gasteiger partial charge on any atom is 0.416 e. The Morgan fingerprint density at radius 3 is 2.44 bits per heavy atom. The van der Waals surface area contributed by atoms with E-state index < -0.39 is 17.6 Å². The molecule has 0 bridgehead atoms. The maximum absolute atomic E-state index is 12.8. The summed E-state index contributed by atoms with van der Waals surface area (Å²) in [7, 11) is 3.68. The van der Waals surface area contributed by atoms with Gasteiger partial charge in [0.1, 0.15) is 0 Å². The molecule has 0 aliphatic rings. The van der Waals surface area contributed by atoms with E-state index in [1.807, 2.05) is 31.1 Å². The second-order valence-electron chi connectivity index (χ2n) is 5.79. The van der Waals surface area contributed by atoms with Gasteiger partial charge in [0.2, 0.25) is 0 Å². The van der Waals surface area contributed by atoms with Gasteiger partial charge in [0.15, 0.2) is 0 Å². The SMILES string of the molecule is CN(C)[C@@H](CNC(=O)c1cccc(C(F)(F)F)c1)c1ccccc1Cl. The van der Waals surface area contributed by atoms with Crippen LogP contribution in [-0.2, 0) is 6.18 Å². The van der Waals surface area contributed by atoms with E-state index in [1.165, 1.54) is 12.1 Å². The third-order valence-electron chi connectivity index (χ3n) is 3.80. The van der Waals surface area contributed by atoms with Gasteiger partial charge in [-0.2, -0.15) is 13.2 Å².